The summed E-state index contributed by atoms with van der Waals surface area (Å²) in [4.78, 5) is 9.22. The SMILES string of the molecule is Clc1cnn(CCN2CCCN(Cc3cccnc3)CC2)c1. The maximum Gasteiger partial charge on any atom is 0.0785 e. The first kappa shape index (κ1) is 15.5. The molecule has 0 unspecified atom stereocenters. The van der Waals surface area contributed by atoms with E-state index in [9.17, 15) is 0 Å². The van der Waals surface area contributed by atoms with E-state index in [1.54, 1.807) is 6.20 Å². The van der Waals surface area contributed by atoms with Gasteiger partial charge in [0.05, 0.1) is 17.8 Å². The monoisotopic (exact) mass is 319 g/mol. The molecule has 1 saturated heterocycles. The van der Waals surface area contributed by atoms with E-state index >= 15 is 0 Å². The van der Waals surface area contributed by atoms with Crippen molar-refractivity contribution in [2.45, 2.75) is 19.5 Å². The summed E-state index contributed by atoms with van der Waals surface area (Å²) in [5.74, 6) is 0. The second kappa shape index (κ2) is 7.72. The molecule has 0 bridgehead atoms. The van der Waals surface area contributed by atoms with Gasteiger partial charge >= 0.3 is 0 Å². The molecule has 3 rings (SSSR count). The fourth-order valence-electron chi connectivity index (χ4n) is 2.86. The van der Waals surface area contributed by atoms with Crippen LogP contribution < -0.4 is 0 Å². The Morgan fingerprint density at radius 2 is 1.91 bits per heavy atom. The smallest absolute Gasteiger partial charge is 0.0785 e. The number of halogens is 1. The molecule has 6 heteroatoms. The summed E-state index contributed by atoms with van der Waals surface area (Å²) < 4.78 is 1.92. The van der Waals surface area contributed by atoms with Crippen LogP contribution in [0.2, 0.25) is 5.02 Å². The van der Waals surface area contributed by atoms with Gasteiger partial charge in [0.1, 0.15) is 0 Å². The zero-order chi connectivity index (χ0) is 15.2. The van der Waals surface area contributed by atoms with Gasteiger partial charge in [0.25, 0.3) is 0 Å². The summed E-state index contributed by atoms with van der Waals surface area (Å²) in [5.41, 5.74) is 1.29. The van der Waals surface area contributed by atoms with Crippen LogP contribution in [-0.2, 0) is 13.1 Å². The van der Waals surface area contributed by atoms with Gasteiger partial charge in [0, 0.05) is 44.8 Å². The fraction of sp³-hybridized carbons (Fsp3) is 0.500. The Morgan fingerprint density at radius 3 is 2.68 bits per heavy atom. The largest absolute Gasteiger partial charge is 0.300 e. The van der Waals surface area contributed by atoms with Crippen LogP contribution in [0.1, 0.15) is 12.0 Å². The van der Waals surface area contributed by atoms with Crippen LogP contribution in [-0.4, -0.2) is 57.3 Å². The lowest BCUT2D eigenvalue weighted by atomic mass is 10.2. The maximum absolute atomic E-state index is 5.90. The third-order valence-electron chi connectivity index (χ3n) is 4.06. The molecule has 0 saturated carbocycles. The first-order valence-corrected chi connectivity index (χ1v) is 8.19. The number of pyridine rings is 1. The van der Waals surface area contributed by atoms with Crippen LogP contribution in [0.5, 0.6) is 0 Å². The van der Waals surface area contributed by atoms with E-state index in [0.29, 0.717) is 5.02 Å². The van der Waals surface area contributed by atoms with Crippen molar-refractivity contribution >= 4 is 11.6 Å². The average Bonchev–Trinajstić information content (AvgIpc) is 2.82. The Kier molecular flexibility index (Phi) is 5.43. The highest BCUT2D eigenvalue weighted by molar-refractivity contribution is 6.30. The lowest BCUT2D eigenvalue weighted by Crippen LogP contribution is -2.32. The molecule has 0 atom stereocenters. The number of hydrogen-bond donors (Lipinski definition) is 0. The third kappa shape index (κ3) is 4.53. The number of aromatic nitrogens is 3. The van der Waals surface area contributed by atoms with Crippen LogP contribution in [0.15, 0.2) is 36.9 Å². The number of rotatable bonds is 5. The van der Waals surface area contributed by atoms with Crippen LogP contribution in [0.4, 0.5) is 0 Å². The van der Waals surface area contributed by atoms with Crippen molar-refractivity contribution in [3.63, 3.8) is 0 Å². The van der Waals surface area contributed by atoms with E-state index in [2.05, 4.69) is 25.9 Å². The minimum atomic E-state index is 0.707. The van der Waals surface area contributed by atoms with Gasteiger partial charge in [0.15, 0.2) is 0 Å². The Labute approximate surface area is 136 Å². The Balaban J connectivity index is 1.45. The molecule has 0 radical (unpaired) electrons. The number of nitrogens with zero attached hydrogens (tertiary/aromatic N) is 5. The Hall–Kier alpha value is -1.43. The molecule has 2 aromatic rings. The highest BCUT2D eigenvalue weighted by atomic mass is 35.5. The molecular weight excluding hydrogens is 298 g/mol. The molecule has 0 spiro atoms. The third-order valence-corrected chi connectivity index (χ3v) is 4.25. The standard InChI is InChI=1S/C16H22ClN5/c17-16-12-19-22(14-16)10-9-20-5-2-6-21(8-7-20)13-15-3-1-4-18-11-15/h1,3-4,11-12,14H,2,5-10,13H2. The Bertz CT molecular complexity index is 571. The molecule has 0 aromatic carbocycles. The topological polar surface area (TPSA) is 37.2 Å². The van der Waals surface area contributed by atoms with Gasteiger partial charge in [0.2, 0.25) is 0 Å². The second-order valence-corrected chi connectivity index (χ2v) is 6.19. The van der Waals surface area contributed by atoms with E-state index in [4.69, 9.17) is 11.6 Å². The molecule has 1 fully saturated rings. The molecule has 0 N–H and O–H groups in total. The van der Waals surface area contributed by atoms with Crippen LogP contribution in [0, 0.1) is 0 Å². The summed E-state index contributed by atoms with van der Waals surface area (Å²) >= 11 is 5.90. The summed E-state index contributed by atoms with van der Waals surface area (Å²) in [6, 6.07) is 4.16. The zero-order valence-electron chi connectivity index (χ0n) is 12.7. The van der Waals surface area contributed by atoms with E-state index < -0.39 is 0 Å². The summed E-state index contributed by atoms with van der Waals surface area (Å²) in [5, 5.41) is 4.94. The van der Waals surface area contributed by atoms with Crippen molar-refractivity contribution < 1.29 is 0 Å². The first-order chi connectivity index (χ1) is 10.8. The molecule has 2 aromatic heterocycles. The van der Waals surface area contributed by atoms with E-state index in [-0.39, 0.29) is 0 Å². The Morgan fingerprint density at radius 1 is 1.05 bits per heavy atom. The van der Waals surface area contributed by atoms with E-state index in [1.807, 2.05) is 29.3 Å². The van der Waals surface area contributed by atoms with Crippen LogP contribution in [0.25, 0.3) is 0 Å². The zero-order valence-corrected chi connectivity index (χ0v) is 13.5. The highest BCUT2D eigenvalue weighted by Gasteiger charge is 2.15. The highest BCUT2D eigenvalue weighted by Crippen LogP contribution is 2.09. The van der Waals surface area contributed by atoms with Gasteiger partial charge in [-0.1, -0.05) is 17.7 Å². The van der Waals surface area contributed by atoms with Crippen LogP contribution in [0.3, 0.4) is 0 Å². The maximum atomic E-state index is 5.90. The molecule has 1 aliphatic rings. The quantitative estimate of drug-likeness (QED) is 0.846. The molecule has 0 aliphatic carbocycles. The minimum Gasteiger partial charge on any atom is -0.300 e. The normalized spacial score (nSPS) is 17.5. The van der Waals surface area contributed by atoms with Gasteiger partial charge in [-0.3, -0.25) is 14.6 Å². The minimum absolute atomic E-state index is 0.707. The predicted molar refractivity (Wildman–Crippen MR) is 87.8 cm³/mol. The summed E-state index contributed by atoms with van der Waals surface area (Å²) in [6.45, 7) is 7.44. The van der Waals surface area contributed by atoms with Gasteiger partial charge < -0.3 is 4.90 Å². The molecule has 22 heavy (non-hydrogen) atoms. The first-order valence-electron chi connectivity index (χ1n) is 7.81. The van der Waals surface area contributed by atoms with Crippen molar-refractivity contribution in [3.05, 3.63) is 47.5 Å². The molecule has 1 aliphatic heterocycles. The number of hydrogen-bond acceptors (Lipinski definition) is 4. The lowest BCUT2D eigenvalue weighted by Gasteiger charge is -2.21. The van der Waals surface area contributed by atoms with Gasteiger partial charge in [-0.25, -0.2) is 0 Å². The van der Waals surface area contributed by atoms with E-state index in [0.717, 1.165) is 45.8 Å². The summed E-state index contributed by atoms with van der Waals surface area (Å²) in [7, 11) is 0. The molecule has 5 nitrogen and oxygen atoms in total. The molecule has 0 amide bonds. The molecule has 118 valence electrons. The van der Waals surface area contributed by atoms with Gasteiger partial charge in [-0.15, -0.1) is 0 Å². The predicted octanol–water partition coefficient (Wildman–Crippen LogP) is 2.14. The van der Waals surface area contributed by atoms with Crippen molar-refractivity contribution in [2.75, 3.05) is 32.7 Å². The summed E-state index contributed by atoms with van der Waals surface area (Å²) in [6.07, 6.45) is 8.58. The van der Waals surface area contributed by atoms with Crippen molar-refractivity contribution in [1.29, 1.82) is 0 Å². The van der Waals surface area contributed by atoms with Gasteiger partial charge in [-0.2, -0.15) is 5.10 Å². The van der Waals surface area contributed by atoms with Crippen molar-refractivity contribution in [1.82, 2.24) is 24.6 Å². The van der Waals surface area contributed by atoms with E-state index in [1.165, 1.54) is 12.0 Å². The molecular formula is C16H22ClN5. The van der Waals surface area contributed by atoms with Crippen molar-refractivity contribution in [3.8, 4) is 0 Å². The lowest BCUT2D eigenvalue weighted by molar-refractivity contribution is 0.244. The molecule has 3 heterocycles. The average molecular weight is 320 g/mol. The second-order valence-electron chi connectivity index (χ2n) is 5.75. The van der Waals surface area contributed by atoms with Crippen LogP contribution >= 0.6 is 11.6 Å². The van der Waals surface area contributed by atoms with Crippen molar-refractivity contribution in [2.24, 2.45) is 0 Å². The fourth-order valence-corrected chi connectivity index (χ4v) is 3.02. The van der Waals surface area contributed by atoms with Gasteiger partial charge in [-0.05, 0) is 31.1 Å².